The summed E-state index contributed by atoms with van der Waals surface area (Å²) in [7, 11) is 3.92. The van der Waals surface area contributed by atoms with Crippen LogP contribution < -0.4 is 9.47 Å². The highest BCUT2D eigenvalue weighted by molar-refractivity contribution is 5.20. The second kappa shape index (κ2) is 15.1. The molecule has 0 amide bonds. The largest absolute Gasteiger partial charge is 0.471 e. The second-order valence-electron chi connectivity index (χ2n) is 8.01. The minimum absolute atomic E-state index is 0. The highest BCUT2D eigenvalue weighted by atomic mass is 16.5. The fourth-order valence-corrected chi connectivity index (χ4v) is 3.12. The zero-order chi connectivity index (χ0) is 25.8. The van der Waals surface area contributed by atoms with Crippen molar-refractivity contribution in [2.75, 3.05) is 14.1 Å². The second-order valence-corrected chi connectivity index (χ2v) is 8.01. The molecule has 0 saturated carbocycles. The van der Waals surface area contributed by atoms with Crippen molar-refractivity contribution >= 4 is 0 Å². The van der Waals surface area contributed by atoms with Crippen LogP contribution in [0.2, 0.25) is 0 Å². The van der Waals surface area contributed by atoms with Gasteiger partial charge in [0.25, 0.3) is 11.8 Å². The van der Waals surface area contributed by atoms with E-state index in [1.165, 1.54) is 6.08 Å². The summed E-state index contributed by atoms with van der Waals surface area (Å²) in [6, 6.07) is 23.0. The van der Waals surface area contributed by atoms with Crippen molar-refractivity contribution in [1.82, 2.24) is 15.2 Å². The van der Waals surface area contributed by atoms with Gasteiger partial charge >= 0.3 is 0 Å². The monoisotopic (exact) mass is 505 g/mol. The van der Waals surface area contributed by atoms with E-state index >= 15 is 0 Å². The van der Waals surface area contributed by atoms with Crippen molar-refractivity contribution < 1.29 is 23.6 Å². The van der Waals surface area contributed by atoms with Gasteiger partial charge in [-0.25, -0.2) is 0 Å². The summed E-state index contributed by atoms with van der Waals surface area (Å²) in [5, 5.41) is 17.0. The first-order chi connectivity index (χ1) is 17.5. The Morgan fingerprint density at radius 1 is 0.811 bits per heavy atom. The Morgan fingerprint density at radius 3 is 1.70 bits per heavy atom. The van der Waals surface area contributed by atoms with E-state index in [4.69, 9.17) is 18.5 Å². The number of hydrogen-bond acceptors (Lipinski definition) is 8. The Morgan fingerprint density at radius 2 is 1.27 bits per heavy atom. The zero-order valence-corrected chi connectivity index (χ0v) is 20.5. The van der Waals surface area contributed by atoms with E-state index in [1.807, 2.05) is 85.7 Å². The van der Waals surface area contributed by atoms with Gasteiger partial charge in [-0.1, -0.05) is 80.2 Å². The van der Waals surface area contributed by atoms with Crippen molar-refractivity contribution in [2.24, 2.45) is 0 Å². The Hall–Kier alpha value is -4.14. The van der Waals surface area contributed by atoms with Gasteiger partial charge in [-0.3, -0.25) is 4.90 Å². The van der Waals surface area contributed by atoms with E-state index in [0.29, 0.717) is 30.7 Å². The van der Waals surface area contributed by atoms with E-state index in [2.05, 4.69) is 23.5 Å². The maximum Gasteiger partial charge on any atom is 0.254 e. The number of rotatable bonds is 11. The van der Waals surface area contributed by atoms with Gasteiger partial charge in [0.2, 0.25) is 0 Å². The van der Waals surface area contributed by atoms with Crippen LogP contribution in [-0.4, -0.2) is 34.4 Å². The van der Waals surface area contributed by atoms with E-state index in [1.54, 1.807) is 12.1 Å². The molecule has 0 bridgehead atoms. The van der Waals surface area contributed by atoms with Crippen LogP contribution in [-0.2, 0) is 13.2 Å². The number of ether oxygens (including phenoxy) is 2. The summed E-state index contributed by atoms with van der Waals surface area (Å²) < 4.78 is 21.2. The Kier molecular flexibility index (Phi) is 11.9. The summed E-state index contributed by atoms with van der Waals surface area (Å²) >= 11 is 0. The maximum absolute atomic E-state index is 9.42. The molecule has 2 aromatic carbocycles. The van der Waals surface area contributed by atoms with Crippen molar-refractivity contribution in [1.29, 1.82) is 0 Å². The molecule has 0 spiro atoms. The topological polar surface area (TPSA) is 94.0 Å². The molecule has 0 aliphatic heterocycles. The SMILES string of the molecule is C.C=C[C@@H](O)c1cc(OCc2ccccc2)no1.C=C[C@@H](c1cc(OCc2ccccc2)no1)N(C)C. The van der Waals surface area contributed by atoms with Gasteiger partial charge in [0.1, 0.15) is 19.3 Å². The molecule has 37 heavy (non-hydrogen) atoms. The maximum atomic E-state index is 9.42. The number of benzene rings is 2. The summed E-state index contributed by atoms with van der Waals surface area (Å²) in [6.07, 6.45) is 2.32. The molecule has 0 aliphatic rings. The van der Waals surface area contributed by atoms with Crippen LogP contribution in [0.3, 0.4) is 0 Å². The number of aliphatic hydroxyl groups excluding tert-OH is 1. The number of nitrogens with zero attached hydrogens (tertiary/aromatic N) is 3. The molecule has 8 nitrogen and oxygen atoms in total. The van der Waals surface area contributed by atoms with Gasteiger partial charge in [-0.05, 0) is 35.5 Å². The lowest BCUT2D eigenvalue weighted by Gasteiger charge is -2.16. The van der Waals surface area contributed by atoms with Crippen LogP contribution >= 0.6 is 0 Å². The summed E-state index contributed by atoms with van der Waals surface area (Å²) in [6.45, 7) is 8.15. The van der Waals surface area contributed by atoms with Gasteiger partial charge < -0.3 is 23.6 Å². The molecule has 8 heteroatoms. The first-order valence-electron chi connectivity index (χ1n) is 11.4. The van der Waals surface area contributed by atoms with E-state index in [-0.39, 0.29) is 13.5 Å². The number of likely N-dealkylation sites (N-methyl/N-ethyl adjacent to an activating group) is 1. The van der Waals surface area contributed by atoms with Crippen molar-refractivity contribution in [3.05, 3.63) is 121 Å². The lowest BCUT2D eigenvalue weighted by molar-refractivity contribution is 0.181. The highest BCUT2D eigenvalue weighted by Crippen LogP contribution is 2.23. The molecule has 4 rings (SSSR count). The molecule has 196 valence electrons. The third-order valence-electron chi connectivity index (χ3n) is 5.06. The van der Waals surface area contributed by atoms with Crippen molar-refractivity contribution in [2.45, 2.75) is 32.8 Å². The van der Waals surface area contributed by atoms with E-state index in [9.17, 15) is 5.11 Å². The smallest absolute Gasteiger partial charge is 0.254 e. The Bertz CT molecular complexity index is 1190. The molecule has 0 aliphatic carbocycles. The van der Waals surface area contributed by atoms with E-state index < -0.39 is 6.10 Å². The highest BCUT2D eigenvalue weighted by Gasteiger charge is 2.16. The molecule has 2 aromatic heterocycles. The molecule has 0 fully saturated rings. The first kappa shape index (κ1) is 29.1. The molecule has 0 unspecified atom stereocenters. The first-order valence-corrected chi connectivity index (χ1v) is 11.4. The van der Waals surface area contributed by atoms with Crippen LogP contribution in [0.4, 0.5) is 0 Å². The Labute approximate surface area is 218 Å². The molecule has 2 heterocycles. The lowest BCUT2D eigenvalue weighted by atomic mass is 10.2. The molecular weight excluding hydrogens is 470 g/mol. The predicted molar refractivity (Wildman–Crippen MR) is 143 cm³/mol. The van der Waals surface area contributed by atoms with Gasteiger partial charge in [-0.2, -0.15) is 0 Å². The fourth-order valence-electron chi connectivity index (χ4n) is 3.12. The third-order valence-corrected chi connectivity index (χ3v) is 5.06. The average Bonchev–Trinajstić information content (AvgIpc) is 3.58. The van der Waals surface area contributed by atoms with Crippen LogP contribution in [0.5, 0.6) is 11.8 Å². The van der Waals surface area contributed by atoms with Crippen molar-refractivity contribution in [3.63, 3.8) is 0 Å². The third kappa shape index (κ3) is 9.10. The average molecular weight is 506 g/mol. The van der Waals surface area contributed by atoms with Crippen LogP contribution in [0.15, 0.2) is 107 Å². The number of hydrogen-bond donors (Lipinski definition) is 1. The zero-order valence-electron chi connectivity index (χ0n) is 20.5. The summed E-state index contributed by atoms with van der Waals surface area (Å²) in [4.78, 5) is 1.99. The van der Waals surface area contributed by atoms with Gasteiger partial charge in [0, 0.05) is 12.1 Å². The minimum atomic E-state index is -0.850. The molecule has 0 radical (unpaired) electrons. The van der Waals surface area contributed by atoms with Crippen LogP contribution in [0.1, 0.15) is 42.2 Å². The molecular formula is C29H35N3O5. The Balaban J connectivity index is 0.000000255. The number of aromatic nitrogens is 2. The molecule has 0 saturated heterocycles. The van der Waals surface area contributed by atoms with Crippen molar-refractivity contribution in [3.8, 4) is 11.8 Å². The number of aliphatic hydroxyl groups is 1. The van der Waals surface area contributed by atoms with E-state index in [0.717, 1.165) is 16.9 Å². The quantitative estimate of drug-likeness (QED) is 0.243. The molecule has 2 atom stereocenters. The standard InChI is InChI=1S/C15H18N2O2.C13H13NO3.CH4/c1-4-13(17(2)3)14-10-15(16-19-14)18-11-12-8-6-5-7-9-12;1-2-11(15)12-8-13(14-17-12)16-9-10-6-4-3-5-7-10;/h4-10,13H,1,11H2,2-3H3;2-8,11,15H,1,9H2;1H4/t13-;11-;/m01./s1. The van der Waals surface area contributed by atoms with Crippen LogP contribution in [0.25, 0.3) is 0 Å². The minimum Gasteiger partial charge on any atom is -0.471 e. The molecule has 1 N–H and O–H groups in total. The summed E-state index contributed by atoms with van der Waals surface area (Å²) in [5.41, 5.74) is 2.14. The summed E-state index contributed by atoms with van der Waals surface area (Å²) in [5.74, 6) is 1.89. The fraction of sp³-hybridized carbons (Fsp3) is 0.241. The van der Waals surface area contributed by atoms with Gasteiger partial charge in [0.05, 0.1) is 6.04 Å². The van der Waals surface area contributed by atoms with Gasteiger partial charge in [0.15, 0.2) is 11.5 Å². The van der Waals surface area contributed by atoms with Crippen LogP contribution in [0, 0.1) is 0 Å². The predicted octanol–water partition coefficient (Wildman–Crippen LogP) is 6.15. The normalized spacial score (nSPS) is 11.9. The van der Waals surface area contributed by atoms with Gasteiger partial charge in [-0.15, -0.1) is 13.2 Å². The molecule has 4 aromatic rings. The lowest BCUT2D eigenvalue weighted by Crippen LogP contribution is -2.16.